The molecule has 35 heavy (non-hydrogen) atoms. The lowest BCUT2D eigenvalue weighted by Gasteiger charge is -2.43. The highest BCUT2D eigenvalue weighted by molar-refractivity contribution is 5.98. The van der Waals surface area contributed by atoms with Gasteiger partial charge in [0.2, 0.25) is 5.95 Å². The van der Waals surface area contributed by atoms with Crippen LogP contribution in [0.1, 0.15) is 52.5 Å². The number of nitrogens with one attached hydrogen (secondary N) is 1. The largest absolute Gasteiger partial charge is 0.389 e. The molecule has 0 bridgehead atoms. The second kappa shape index (κ2) is 8.90. The number of nitrogens with zero attached hydrogens (tertiary/aromatic N) is 5. The number of piperidine rings is 1. The Kier molecular flexibility index (Phi) is 6.03. The summed E-state index contributed by atoms with van der Waals surface area (Å²) >= 11 is 0. The van der Waals surface area contributed by atoms with E-state index in [0.717, 1.165) is 6.54 Å². The van der Waals surface area contributed by atoms with Gasteiger partial charge in [-0.1, -0.05) is 33.8 Å². The smallest absolute Gasteiger partial charge is 0.227 e. The quantitative estimate of drug-likeness (QED) is 0.532. The zero-order chi connectivity index (χ0) is 24.9. The van der Waals surface area contributed by atoms with E-state index >= 15 is 0 Å². The fraction of sp³-hybridized carbons (Fsp3) is 0.519. The summed E-state index contributed by atoms with van der Waals surface area (Å²) in [5.74, 6) is 2.12. The highest BCUT2D eigenvalue weighted by atomic mass is 19.1. The predicted octanol–water partition coefficient (Wildman–Crippen LogP) is 5.04. The van der Waals surface area contributed by atoms with E-state index in [1.807, 2.05) is 20.0 Å². The van der Waals surface area contributed by atoms with Crippen LogP contribution in [-0.2, 0) is 0 Å². The maximum Gasteiger partial charge on any atom is 0.227 e. The molecule has 0 saturated carbocycles. The van der Waals surface area contributed by atoms with Gasteiger partial charge in [-0.05, 0) is 48.4 Å². The number of hydrogen-bond acceptors (Lipinski definition) is 7. The average molecular weight is 479 g/mol. The van der Waals surface area contributed by atoms with Crippen molar-refractivity contribution in [2.24, 2.45) is 5.41 Å². The molecule has 2 aliphatic heterocycles. The molecule has 8 heteroatoms. The van der Waals surface area contributed by atoms with Crippen molar-refractivity contribution < 1.29 is 9.50 Å². The first-order valence-electron chi connectivity index (χ1n) is 12.5. The topological polar surface area (TPSA) is 77.4 Å². The molecular weight excluding hydrogens is 443 g/mol. The minimum atomic E-state index is -1.35. The molecule has 2 N–H and O–H groups in total. The lowest BCUT2D eigenvalue weighted by Crippen LogP contribution is -2.55. The molecule has 186 valence electrons. The predicted molar refractivity (Wildman–Crippen MR) is 139 cm³/mol. The van der Waals surface area contributed by atoms with E-state index in [9.17, 15) is 9.50 Å². The van der Waals surface area contributed by atoms with Crippen molar-refractivity contribution in [3.8, 4) is 0 Å². The Morgan fingerprint density at radius 3 is 2.60 bits per heavy atom. The highest BCUT2D eigenvalue weighted by Crippen LogP contribution is 2.38. The standard InChI is InChI=1S/C27H35FN6O/c1-16(2)18-6-7-22(34-11-9-17(34)3)20-13-30-24(12-19(18)20)31-23-8-10-29-26(32-23)33-14-21(28)25(35)27(4,5)15-33/h6-8,10,12-13,16-17,21,25,35H,9,11,14-15H2,1-5H3,(H,29,30,31,32). The number of aliphatic hydroxyl groups excluding tert-OH is 1. The first kappa shape index (κ1) is 23.7. The van der Waals surface area contributed by atoms with E-state index < -0.39 is 17.7 Å². The summed E-state index contributed by atoms with van der Waals surface area (Å²) in [6.07, 6.45) is 2.49. The molecule has 2 aliphatic rings. The number of benzene rings is 1. The molecule has 0 radical (unpaired) electrons. The summed E-state index contributed by atoms with van der Waals surface area (Å²) in [6.45, 7) is 12.0. The van der Waals surface area contributed by atoms with Crippen LogP contribution in [0.15, 0.2) is 36.7 Å². The van der Waals surface area contributed by atoms with Crippen LogP contribution >= 0.6 is 0 Å². The fourth-order valence-corrected chi connectivity index (χ4v) is 5.25. The zero-order valence-corrected chi connectivity index (χ0v) is 21.2. The van der Waals surface area contributed by atoms with Gasteiger partial charge in [0, 0.05) is 48.0 Å². The number of hydrogen-bond donors (Lipinski definition) is 2. The number of alkyl halides is 1. The molecular formula is C27H35FN6O. The molecule has 5 rings (SSSR count). The van der Waals surface area contributed by atoms with Crippen LogP contribution in [0.25, 0.3) is 10.8 Å². The number of aromatic nitrogens is 3. The monoisotopic (exact) mass is 478 g/mol. The average Bonchev–Trinajstić information content (AvgIpc) is 2.81. The first-order valence-corrected chi connectivity index (χ1v) is 12.5. The van der Waals surface area contributed by atoms with Crippen molar-refractivity contribution in [2.45, 2.75) is 65.3 Å². The third kappa shape index (κ3) is 4.40. The lowest BCUT2D eigenvalue weighted by atomic mass is 9.80. The molecule has 0 spiro atoms. The van der Waals surface area contributed by atoms with Crippen LogP contribution in [0.5, 0.6) is 0 Å². The van der Waals surface area contributed by atoms with Gasteiger partial charge in [0.05, 0.1) is 12.6 Å². The van der Waals surface area contributed by atoms with E-state index in [2.05, 4.69) is 59.2 Å². The Bertz CT molecular complexity index is 1230. The number of aliphatic hydroxyl groups is 1. The summed E-state index contributed by atoms with van der Waals surface area (Å²) in [6, 6.07) is 8.89. The molecule has 2 saturated heterocycles. The van der Waals surface area contributed by atoms with Crippen LogP contribution in [0.2, 0.25) is 0 Å². The summed E-state index contributed by atoms with van der Waals surface area (Å²) in [4.78, 5) is 18.0. The summed E-state index contributed by atoms with van der Waals surface area (Å²) in [7, 11) is 0. The summed E-state index contributed by atoms with van der Waals surface area (Å²) in [5.41, 5.74) is 1.93. The highest BCUT2D eigenvalue weighted by Gasteiger charge is 2.42. The van der Waals surface area contributed by atoms with Gasteiger partial charge < -0.3 is 20.2 Å². The van der Waals surface area contributed by atoms with Gasteiger partial charge in [0.25, 0.3) is 0 Å². The number of fused-ring (bicyclic) bond motifs is 1. The number of anilines is 4. The Morgan fingerprint density at radius 2 is 1.94 bits per heavy atom. The van der Waals surface area contributed by atoms with Gasteiger partial charge in [-0.2, -0.15) is 4.98 Å². The van der Waals surface area contributed by atoms with Crippen molar-refractivity contribution in [1.82, 2.24) is 15.0 Å². The Labute approximate surface area is 206 Å². The van der Waals surface area contributed by atoms with E-state index in [1.54, 1.807) is 17.2 Å². The SMILES string of the molecule is CC(C)c1ccc(N2CCC2C)c2cnc(Nc3ccnc(N4CC(F)C(O)C(C)(C)C4)n3)cc12. The Balaban J connectivity index is 1.45. The number of pyridine rings is 1. The molecule has 4 heterocycles. The normalized spacial score (nSPS) is 24.1. The van der Waals surface area contributed by atoms with Crippen molar-refractivity contribution >= 4 is 34.0 Å². The van der Waals surface area contributed by atoms with Gasteiger partial charge in [-0.15, -0.1) is 0 Å². The van der Waals surface area contributed by atoms with Crippen LogP contribution < -0.4 is 15.1 Å². The lowest BCUT2D eigenvalue weighted by molar-refractivity contribution is -0.0257. The maximum absolute atomic E-state index is 14.5. The maximum atomic E-state index is 14.5. The van der Waals surface area contributed by atoms with Crippen LogP contribution in [0.4, 0.5) is 27.7 Å². The van der Waals surface area contributed by atoms with Crippen LogP contribution in [0.3, 0.4) is 0 Å². The second-order valence-electron chi connectivity index (χ2n) is 11.0. The molecule has 3 atom stereocenters. The van der Waals surface area contributed by atoms with E-state index in [0.29, 0.717) is 36.1 Å². The second-order valence-corrected chi connectivity index (χ2v) is 11.0. The Hall–Kier alpha value is -3.00. The third-order valence-electron chi connectivity index (χ3n) is 7.48. The fourth-order valence-electron chi connectivity index (χ4n) is 5.25. The first-order chi connectivity index (χ1) is 16.6. The zero-order valence-electron chi connectivity index (χ0n) is 21.2. The number of rotatable bonds is 5. The molecule has 0 amide bonds. The van der Waals surface area contributed by atoms with Gasteiger partial charge in [-0.3, -0.25) is 0 Å². The van der Waals surface area contributed by atoms with Gasteiger partial charge in [0.1, 0.15) is 17.8 Å². The van der Waals surface area contributed by atoms with Crippen LogP contribution in [-0.4, -0.2) is 58.0 Å². The van der Waals surface area contributed by atoms with E-state index in [4.69, 9.17) is 4.98 Å². The van der Waals surface area contributed by atoms with E-state index in [-0.39, 0.29) is 6.54 Å². The molecule has 7 nitrogen and oxygen atoms in total. The molecule has 2 fully saturated rings. The van der Waals surface area contributed by atoms with Crippen molar-refractivity contribution in [2.75, 3.05) is 34.8 Å². The van der Waals surface area contributed by atoms with Crippen molar-refractivity contribution in [3.05, 3.63) is 42.2 Å². The van der Waals surface area contributed by atoms with Gasteiger partial charge in [-0.25, -0.2) is 14.4 Å². The van der Waals surface area contributed by atoms with Crippen LogP contribution in [0, 0.1) is 5.41 Å². The van der Waals surface area contributed by atoms with Gasteiger partial charge in [0.15, 0.2) is 0 Å². The molecule has 1 aromatic carbocycles. The molecule has 0 aliphatic carbocycles. The van der Waals surface area contributed by atoms with E-state index in [1.165, 1.54) is 28.4 Å². The number of halogens is 1. The minimum Gasteiger partial charge on any atom is -0.389 e. The molecule has 2 aromatic heterocycles. The van der Waals surface area contributed by atoms with Crippen molar-refractivity contribution in [3.63, 3.8) is 0 Å². The molecule has 3 aromatic rings. The summed E-state index contributed by atoms with van der Waals surface area (Å²) < 4.78 is 14.5. The van der Waals surface area contributed by atoms with Crippen molar-refractivity contribution in [1.29, 1.82) is 0 Å². The molecule has 3 unspecified atom stereocenters. The Morgan fingerprint density at radius 1 is 1.14 bits per heavy atom. The third-order valence-corrected chi connectivity index (χ3v) is 7.48. The summed E-state index contributed by atoms with van der Waals surface area (Å²) in [5, 5.41) is 15.9. The van der Waals surface area contributed by atoms with Gasteiger partial charge >= 0.3 is 0 Å². The minimum absolute atomic E-state index is 0.0672.